The monoisotopic (exact) mass is 279 g/mol. The number of hydrogen-bond acceptors (Lipinski definition) is 5. The number of unbranched alkanes of at least 4 members (excludes halogenated alkanes) is 1. The molecule has 0 spiro atoms. The number of ether oxygens (including phenoxy) is 2. The molecule has 0 heterocycles. The largest absolute Gasteiger partial charge is 0.389 e. The normalized spacial score (nSPS) is 13.2. The van der Waals surface area contributed by atoms with Gasteiger partial charge in [-0.25, -0.2) is 0 Å². The highest BCUT2D eigenvalue weighted by molar-refractivity contribution is 7.98. The number of aliphatic hydroxyl groups is 1. The smallest absolute Gasteiger partial charge is 0.0897 e. The van der Waals surface area contributed by atoms with Crippen molar-refractivity contribution in [1.29, 1.82) is 0 Å². The number of thioether (sulfide) groups is 1. The van der Waals surface area contributed by atoms with Crippen LogP contribution in [0.25, 0.3) is 0 Å². The number of aliphatic hydroxyl groups excluding tert-OH is 1. The van der Waals surface area contributed by atoms with Crippen LogP contribution in [0.15, 0.2) is 0 Å². The van der Waals surface area contributed by atoms with E-state index in [-0.39, 0.29) is 6.10 Å². The molecule has 1 atom stereocenters. The van der Waals surface area contributed by atoms with Crippen LogP contribution in [-0.2, 0) is 9.47 Å². The maximum atomic E-state index is 9.63. The van der Waals surface area contributed by atoms with Gasteiger partial charge >= 0.3 is 0 Å². The van der Waals surface area contributed by atoms with E-state index in [1.165, 1.54) is 12.2 Å². The summed E-state index contributed by atoms with van der Waals surface area (Å²) < 4.78 is 10.7. The Hall–Kier alpha value is 0.190. The lowest BCUT2D eigenvalue weighted by molar-refractivity contribution is -0.00991. The third-order valence-corrected chi connectivity index (χ3v) is 3.02. The molecule has 0 amide bonds. The minimum atomic E-state index is -0.426. The van der Waals surface area contributed by atoms with Crippen molar-refractivity contribution in [2.45, 2.75) is 38.9 Å². The Bertz CT molecular complexity index is 170. The zero-order chi connectivity index (χ0) is 13.6. The average Bonchev–Trinajstić information content (AvgIpc) is 2.33. The van der Waals surface area contributed by atoms with Gasteiger partial charge in [-0.1, -0.05) is 0 Å². The molecule has 0 aliphatic carbocycles. The summed E-state index contributed by atoms with van der Waals surface area (Å²) >= 11 is 1.87. The SMILES string of the molecule is CSCCCCNCC(O)COCCOC(C)C. The van der Waals surface area contributed by atoms with Crippen molar-refractivity contribution in [2.24, 2.45) is 0 Å². The van der Waals surface area contributed by atoms with E-state index in [1.807, 2.05) is 25.6 Å². The first-order valence-corrected chi connectivity index (χ1v) is 8.13. The number of nitrogens with one attached hydrogen (secondary N) is 1. The molecule has 0 aromatic rings. The van der Waals surface area contributed by atoms with Gasteiger partial charge in [-0.2, -0.15) is 11.8 Å². The summed E-state index contributed by atoms with van der Waals surface area (Å²) in [6, 6.07) is 0. The highest BCUT2D eigenvalue weighted by atomic mass is 32.2. The van der Waals surface area contributed by atoms with Crippen molar-refractivity contribution in [2.75, 3.05) is 44.9 Å². The standard InChI is InChI=1S/C13H29NO3S/c1-12(2)17-8-7-16-11-13(15)10-14-6-4-5-9-18-3/h12-15H,4-11H2,1-3H3. The van der Waals surface area contributed by atoms with Gasteiger partial charge in [0.05, 0.1) is 32.0 Å². The van der Waals surface area contributed by atoms with Crippen LogP contribution in [0.3, 0.4) is 0 Å². The summed E-state index contributed by atoms with van der Waals surface area (Å²) in [5.41, 5.74) is 0. The van der Waals surface area contributed by atoms with E-state index >= 15 is 0 Å². The van der Waals surface area contributed by atoms with Crippen LogP contribution in [-0.4, -0.2) is 62.2 Å². The zero-order valence-electron chi connectivity index (χ0n) is 12.0. The van der Waals surface area contributed by atoms with Crippen LogP contribution in [0.4, 0.5) is 0 Å². The van der Waals surface area contributed by atoms with Crippen molar-refractivity contribution in [3.63, 3.8) is 0 Å². The maximum Gasteiger partial charge on any atom is 0.0897 e. The molecule has 0 saturated heterocycles. The highest BCUT2D eigenvalue weighted by Crippen LogP contribution is 1.97. The van der Waals surface area contributed by atoms with Crippen molar-refractivity contribution < 1.29 is 14.6 Å². The van der Waals surface area contributed by atoms with Gasteiger partial charge in [0.15, 0.2) is 0 Å². The fourth-order valence-electron chi connectivity index (χ4n) is 1.39. The lowest BCUT2D eigenvalue weighted by Crippen LogP contribution is -2.31. The molecule has 0 fully saturated rings. The number of hydrogen-bond donors (Lipinski definition) is 2. The van der Waals surface area contributed by atoms with Crippen LogP contribution < -0.4 is 5.32 Å². The number of rotatable bonds is 13. The Morgan fingerprint density at radius 2 is 2.00 bits per heavy atom. The summed E-state index contributed by atoms with van der Waals surface area (Å²) in [6.07, 6.45) is 4.33. The van der Waals surface area contributed by atoms with Gasteiger partial charge in [0.25, 0.3) is 0 Å². The average molecular weight is 279 g/mol. The fourth-order valence-corrected chi connectivity index (χ4v) is 1.88. The van der Waals surface area contributed by atoms with Gasteiger partial charge in [0.2, 0.25) is 0 Å². The summed E-state index contributed by atoms with van der Waals surface area (Å²) in [6.45, 7) is 7.07. The molecule has 0 saturated carbocycles. The lowest BCUT2D eigenvalue weighted by Gasteiger charge is -2.13. The molecule has 5 heteroatoms. The maximum absolute atomic E-state index is 9.63. The van der Waals surface area contributed by atoms with Gasteiger partial charge in [-0.15, -0.1) is 0 Å². The fraction of sp³-hybridized carbons (Fsp3) is 1.00. The van der Waals surface area contributed by atoms with Crippen molar-refractivity contribution >= 4 is 11.8 Å². The van der Waals surface area contributed by atoms with Crippen LogP contribution in [0.2, 0.25) is 0 Å². The van der Waals surface area contributed by atoms with Gasteiger partial charge in [-0.05, 0) is 45.2 Å². The van der Waals surface area contributed by atoms with E-state index in [0.29, 0.717) is 26.4 Å². The van der Waals surface area contributed by atoms with Crippen LogP contribution in [0.1, 0.15) is 26.7 Å². The van der Waals surface area contributed by atoms with Crippen molar-refractivity contribution in [1.82, 2.24) is 5.32 Å². The van der Waals surface area contributed by atoms with Crippen LogP contribution in [0, 0.1) is 0 Å². The topological polar surface area (TPSA) is 50.7 Å². The molecular weight excluding hydrogens is 250 g/mol. The summed E-state index contributed by atoms with van der Waals surface area (Å²) in [5.74, 6) is 1.21. The third-order valence-electron chi connectivity index (χ3n) is 2.32. The predicted molar refractivity (Wildman–Crippen MR) is 78.4 cm³/mol. The second-order valence-corrected chi connectivity index (χ2v) is 5.54. The minimum absolute atomic E-state index is 0.237. The summed E-state index contributed by atoms with van der Waals surface area (Å²) in [7, 11) is 0. The van der Waals surface area contributed by atoms with Crippen molar-refractivity contribution in [3.05, 3.63) is 0 Å². The molecule has 0 radical (unpaired) electrons. The van der Waals surface area contributed by atoms with E-state index < -0.39 is 6.10 Å². The van der Waals surface area contributed by atoms with E-state index in [0.717, 1.165) is 13.0 Å². The molecule has 0 aromatic carbocycles. The predicted octanol–water partition coefficient (Wildman–Crippen LogP) is 1.52. The van der Waals surface area contributed by atoms with Crippen molar-refractivity contribution in [3.8, 4) is 0 Å². The molecule has 4 nitrogen and oxygen atoms in total. The van der Waals surface area contributed by atoms with E-state index in [2.05, 4.69) is 11.6 Å². The van der Waals surface area contributed by atoms with Crippen LogP contribution in [0.5, 0.6) is 0 Å². The first-order chi connectivity index (χ1) is 8.66. The molecular formula is C13H29NO3S. The second kappa shape index (κ2) is 13.6. The summed E-state index contributed by atoms with van der Waals surface area (Å²) in [4.78, 5) is 0. The van der Waals surface area contributed by atoms with Gasteiger partial charge in [-0.3, -0.25) is 0 Å². The van der Waals surface area contributed by atoms with E-state index in [9.17, 15) is 5.11 Å². The first kappa shape index (κ1) is 18.2. The quantitative estimate of drug-likeness (QED) is 0.501. The molecule has 110 valence electrons. The minimum Gasteiger partial charge on any atom is -0.389 e. The molecule has 0 aliphatic rings. The molecule has 1 unspecified atom stereocenters. The Kier molecular flexibility index (Phi) is 13.8. The third kappa shape index (κ3) is 14.3. The summed E-state index contributed by atoms with van der Waals surface area (Å²) in [5, 5.41) is 12.9. The molecule has 0 bridgehead atoms. The van der Waals surface area contributed by atoms with E-state index in [4.69, 9.17) is 9.47 Å². The Labute approximate surface area is 116 Å². The lowest BCUT2D eigenvalue weighted by atomic mass is 10.3. The second-order valence-electron chi connectivity index (χ2n) is 4.55. The molecule has 0 aliphatic heterocycles. The molecule has 18 heavy (non-hydrogen) atoms. The molecule has 2 N–H and O–H groups in total. The van der Waals surface area contributed by atoms with Gasteiger partial charge < -0.3 is 19.9 Å². The molecule has 0 rings (SSSR count). The Morgan fingerprint density at radius 3 is 2.67 bits per heavy atom. The zero-order valence-corrected chi connectivity index (χ0v) is 12.8. The Morgan fingerprint density at radius 1 is 1.22 bits per heavy atom. The highest BCUT2D eigenvalue weighted by Gasteiger charge is 2.03. The van der Waals surface area contributed by atoms with Gasteiger partial charge in [0, 0.05) is 6.54 Å². The first-order valence-electron chi connectivity index (χ1n) is 6.74. The van der Waals surface area contributed by atoms with Crippen LogP contribution >= 0.6 is 11.8 Å². The Balaban J connectivity index is 3.15. The van der Waals surface area contributed by atoms with E-state index in [1.54, 1.807) is 0 Å². The van der Waals surface area contributed by atoms with Gasteiger partial charge in [0.1, 0.15) is 0 Å². The molecule has 0 aromatic heterocycles.